The van der Waals surface area contributed by atoms with E-state index in [-0.39, 0.29) is 0 Å². The summed E-state index contributed by atoms with van der Waals surface area (Å²) < 4.78 is 0. The molecule has 1 heterocycles. The second-order valence-corrected chi connectivity index (χ2v) is 2.75. The molecule has 0 aliphatic rings. The predicted octanol–water partition coefficient (Wildman–Crippen LogP) is 0.838. The monoisotopic (exact) mass is 191 g/mol. The van der Waals surface area contributed by atoms with Gasteiger partial charge in [-0.05, 0) is 19.1 Å². The molecule has 1 rings (SSSR count). The SMILES string of the molecule is C[C@H](Nc1ccc(C#N)cn1)C(=O)O. The van der Waals surface area contributed by atoms with Crippen LogP contribution in [0.15, 0.2) is 18.3 Å². The average Bonchev–Trinajstić information content (AvgIpc) is 2.19. The second kappa shape index (κ2) is 4.23. The van der Waals surface area contributed by atoms with Gasteiger partial charge in [-0.15, -0.1) is 0 Å². The summed E-state index contributed by atoms with van der Waals surface area (Å²) in [5.74, 6) is -0.505. The van der Waals surface area contributed by atoms with Gasteiger partial charge in [0, 0.05) is 6.20 Å². The van der Waals surface area contributed by atoms with Gasteiger partial charge in [-0.2, -0.15) is 5.26 Å². The molecule has 5 nitrogen and oxygen atoms in total. The molecule has 0 unspecified atom stereocenters. The third kappa shape index (κ3) is 2.45. The van der Waals surface area contributed by atoms with Crippen LogP contribution in [-0.2, 0) is 4.79 Å². The average molecular weight is 191 g/mol. The molecule has 1 aromatic heterocycles. The van der Waals surface area contributed by atoms with Crippen molar-refractivity contribution >= 4 is 11.8 Å². The van der Waals surface area contributed by atoms with Gasteiger partial charge >= 0.3 is 5.97 Å². The Morgan fingerprint density at radius 2 is 2.43 bits per heavy atom. The number of anilines is 1. The van der Waals surface area contributed by atoms with E-state index in [1.54, 1.807) is 12.1 Å². The van der Waals surface area contributed by atoms with Gasteiger partial charge in [-0.3, -0.25) is 4.79 Å². The molecule has 0 radical (unpaired) electrons. The van der Waals surface area contributed by atoms with Crippen LogP contribution in [0, 0.1) is 11.3 Å². The Morgan fingerprint density at radius 3 is 2.86 bits per heavy atom. The van der Waals surface area contributed by atoms with Gasteiger partial charge in [-0.1, -0.05) is 0 Å². The Labute approximate surface area is 81.0 Å². The molecular weight excluding hydrogens is 182 g/mol. The number of nitrogens with one attached hydrogen (secondary N) is 1. The van der Waals surface area contributed by atoms with Crippen molar-refractivity contribution in [2.24, 2.45) is 0 Å². The first-order valence-corrected chi connectivity index (χ1v) is 3.99. The molecule has 1 aromatic rings. The van der Waals surface area contributed by atoms with Crippen LogP contribution in [0.5, 0.6) is 0 Å². The molecule has 72 valence electrons. The molecule has 0 saturated heterocycles. The topological polar surface area (TPSA) is 86.0 Å². The van der Waals surface area contributed by atoms with Gasteiger partial charge in [0.15, 0.2) is 0 Å². The highest BCUT2D eigenvalue weighted by atomic mass is 16.4. The summed E-state index contributed by atoms with van der Waals surface area (Å²) in [6.45, 7) is 1.52. The number of hydrogen-bond acceptors (Lipinski definition) is 4. The number of nitrogens with zero attached hydrogens (tertiary/aromatic N) is 2. The van der Waals surface area contributed by atoms with E-state index >= 15 is 0 Å². The first-order chi connectivity index (χ1) is 6.63. The number of aliphatic carboxylic acids is 1. The fourth-order valence-corrected chi connectivity index (χ4v) is 0.829. The van der Waals surface area contributed by atoms with E-state index in [1.165, 1.54) is 13.1 Å². The van der Waals surface area contributed by atoms with Crippen LogP contribution in [0.3, 0.4) is 0 Å². The van der Waals surface area contributed by atoms with Gasteiger partial charge < -0.3 is 10.4 Å². The summed E-state index contributed by atoms with van der Waals surface area (Å²) in [4.78, 5) is 14.4. The molecule has 0 bridgehead atoms. The van der Waals surface area contributed by atoms with Crippen molar-refractivity contribution in [3.63, 3.8) is 0 Å². The van der Waals surface area contributed by atoms with Crippen molar-refractivity contribution < 1.29 is 9.90 Å². The molecule has 1 atom stereocenters. The van der Waals surface area contributed by atoms with E-state index in [0.717, 1.165) is 0 Å². The number of pyridine rings is 1. The molecule has 0 amide bonds. The summed E-state index contributed by atoms with van der Waals surface area (Å²) in [6, 6.07) is 4.37. The first kappa shape index (κ1) is 9.99. The normalized spacial score (nSPS) is 11.4. The molecule has 0 aliphatic heterocycles. The lowest BCUT2D eigenvalue weighted by Crippen LogP contribution is -2.25. The van der Waals surface area contributed by atoms with E-state index in [1.807, 2.05) is 6.07 Å². The molecule has 0 aliphatic carbocycles. The zero-order valence-electron chi connectivity index (χ0n) is 7.56. The molecule has 0 aromatic carbocycles. The van der Waals surface area contributed by atoms with Gasteiger partial charge in [0.05, 0.1) is 5.56 Å². The van der Waals surface area contributed by atoms with Crippen LogP contribution in [0.4, 0.5) is 5.82 Å². The van der Waals surface area contributed by atoms with Crippen molar-refractivity contribution in [1.29, 1.82) is 5.26 Å². The molecule has 2 N–H and O–H groups in total. The van der Waals surface area contributed by atoms with Gasteiger partial charge in [0.25, 0.3) is 0 Å². The number of carbonyl (C=O) groups is 1. The lowest BCUT2D eigenvalue weighted by atomic mass is 10.3. The number of carboxylic acid groups (broad SMARTS) is 1. The Morgan fingerprint density at radius 1 is 1.71 bits per heavy atom. The maximum atomic E-state index is 10.5. The molecule has 5 heteroatoms. The Kier molecular flexibility index (Phi) is 3.02. The Hall–Kier alpha value is -2.09. The summed E-state index contributed by atoms with van der Waals surface area (Å²) in [5.41, 5.74) is 0.443. The van der Waals surface area contributed by atoms with Crippen molar-refractivity contribution in [1.82, 2.24) is 4.98 Å². The lowest BCUT2D eigenvalue weighted by Gasteiger charge is -2.08. The molecule has 0 saturated carbocycles. The number of hydrogen-bond donors (Lipinski definition) is 2. The number of nitriles is 1. The largest absolute Gasteiger partial charge is 0.480 e. The van der Waals surface area contributed by atoms with E-state index in [9.17, 15) is 4.79 Å². The minimum atomic E-state index is -0.948. The summed E-state index contributed by atoms with van der Waals surface area (Å²) >= 11 is 0. The summed E-state index contributed by atoms with van der Waals surface area (Å²) in [6.07, 6.45) is 1.39. The quantitative estimate of drug-likeness (QED) is 0.739. The van der Waals surface area contributed by atoms with E-state index in [2.05, 4.69) is 10.3 Å². The Balaban J connectivity index is 2.70. The van der Waals surface area contributed by atoms with E-state index in [0.29, 0.717) is 11.4 Å². The highest BCUT2D eigenvalue weighted by Crippen LogP contribution is 2.05. The second-order valence-electron chi connectivity index (χ2n) is 2.75. The first-order valence-electron chi connectivity index (χ1n) is 3.99. The van der Waals surface area contributed by atoms with Crippen LogP contribution < -0.4 is 5.32 Å². The Bertz CT molecular complexity index is 367. The van der Waals surface area contributed by atoms with Gasteiger partial charge in [-0.25, -0.2) is 4.98 Å². The minimum Gasteiger partial charge on any atom is -0.480 e. The van der Waals surface area contributed by atoms with Crippen LogP contribution in [0.1, 0.15) is 12.5 Å². The zero-order valence-corrected chi connectivity index (χ0v) is 7.56. The van der Waals surface area contributed by atoms with E-state index < -0.39 is 12.0 Å². The zero-order chi connectivity index (χ0) is 10.6. The van der Waals surface area contributed by atoms with Crippen molar-refractivity contribution in [3.05, 3.63) is 23.9 Å². The molecule has 0 spiro atoms. The van der Waals surface area contributed by atoms with Gasteiger partial charge in [0.1, 0.15) is 17.9 Å². The highest BCUT2D eigenvalue weighted by molar-refractivity contribution is 5.76. The van der Waals surface area contributed by atoms with Gasteiger partial charge in [0.2, 0.25) is 0 Å². The minimum absolute atomic E-state index is 0.443. The predicted molar refractivity (Wildman–Crippen MR) is 49.7 cm³/mol. The standard InChI is InChI=1S/C9H9N3O2/c1-6(9(13)14)12-8-3-2-7(4-10)5-11-8/h2-3,5-6H,1H3,(H,11,12)(H,13,14)/t6-/m0/s1. The van der Waals surface area contributed by atoms with Crippen molar-refractivity contribution in [2.75, 3.05) is 5.32 Å². The van der Waals surface area contributed by atoms with Crippen LogP contribution in [-0.4, -0.2) is 22.1 Å². The fourth-order valence-electron chi connectivity index (χ4n) is 0.829. The number of aromatic nitrogens is 1. The molecule has 14 heavy (non-hydrogen) atoms. The highest BCUT2D eigenvalue weighted by Gasteiger charge is 2.10. The maximum absolute atomic E-state index is 10.5. The molecular formula is C9H9N3O2. The van der Waals surface area contributed by atoms with Crippen molar-refractivity contribution in [3.8, 4) is 6.07 Å². The third-order valence-corrected chi connectivity index (χ3v) is 1.63. The third-order valence-electron chi connectivity index (χ3n) is 1.63. The maximum Gasteiger partial charge on any atom is 0.325 e. The van der Waals surface area contributed by atoms with Crippen LogP contribution >= 0.6 is 0 Å². The van der Waals surface area contributed by atoms with E-state index in [4.69, 9.17) is 10.4 Å². The molecule has 0 fully saturated rings. The smallest absolute Gasteiger partial charge is 0.325 e. The number of rotatable bonds is 3. The van der Waals surface area contributed by atoms with Crippen molar-refractivity contribution in [2.45, 2.75) is 13.0 Å². The number of carboxylic acids is 1. The fraction of sp³-hybridized carbons (Fsp3) is 0.222. The summed E-state index contributed by atoms with van der Waals surface area (Å²) in [7, 11) is 0. The summed E-state index contributed by atoms with van der Waals surface area (Å²) in [5, 5.41) is 19.8. The van der Waals surface area contributed by atoms with Crippen LogP contribution in [0.2, 0.25) is 0 Å². The van der Waals surface area contributed by atoms with Crippen LogP contribution in [0.25, 0.3) is 0 Å². The lowest BCUT2D eigenvalue weighted by molar-refractivity contribution is -0.137.